The van der Waals surface area contributed by atoms with Gasteiger partial charge in [-0.25, -0.2) is 4.79 Å². The molecule has 1 aliphatic carbocycles. The number of carbonyl (C=O) groups excluding carboxylic acids is 2. The zero-order valence-corrected chi connectivity index (χ0v) is 12.3. The maximum absolute atomic E-state index is 11.7. The van der Waals surface area contributed by atoms with Gasteiger partial charge in [0.25, 0.3) is 0 Å². The van der Waals surface area contributed by atoms with E-state index in [1.165, 1.54) is 6.42 Å². The molecule has 5 heteroatoms. The molecule has 0 spiro atoms. The number of hydrogen-bond donors (Lipinski definition) is 0. The van der Waals surface area contributed by atoms with E-state index in [1.54, 1.807) is 0 Å². The number of likely N-dealkylation sites (N-methyl/N-ethyl adjacent to an activating group) is 1. The third-order valence-corrected chi connectivity index (χ3v) is 3.30. The Morgan fingerprint density at radius 1 is 1.05 bits per heavy atom. The highest BCUT2D eigenvalue weighted by molar-refractivity contribution is 5.77. The molecule has 110 valence electrons. The first-order valence-corrected chi connectivity index (χ1v) is 7.01. The molecule has 0 unspecified atom stereocenters. The molecule has 0 heterocycles. The molecule has 5 nitrogen and oxygen atoms in total. The number of nitrogens with zero attached hydrogens (tertiary/aromatic N) is 1. The van der Waals surface area contributed by atoms with E-state index in [0.29, 0.717) is 6.61 Å². The summed E-state index contributed by atoms with van der Waals surface area (Å²) in [5, 5.41) is 0. The van der Waals surface area contributed by atoms with Gasteiger partial charge in [0.1, 0.15) is 13.2 Å². The minimum atomic E-state index is -0.461. The van der Waals surface area contributed by atoms with Crippen LogP contribution < -0.4 is 0 Å². The third-order valence-electron chi connectivity index (χ3n) is 3.30. The number of ether oxygens (including phenoxy) is 2. The smallest absolute Gasteiger partial charge is 0.344 e. The Morgan fingerprint density at radius 2 is 1.68 bits per heavy atom. The Balaban J connectivity index is 2.13. The van der Waals surface area contributed by atoms with E-state index in [9.17, 15) is 9.59 Å². The second kappa shape index (κ2) is 7.48. The number of hydrogen-bond acceptors (Lipinski definition) is 4. The second-order valence-corrected chi connectivity index (χ2v) is 6.18. The van der Waals surface area contributed by atoms with E-state index in [2.05, 4.69) is 0 Å². The van der Waals surface area contributed by atoms with Crippen LogP contribution in [0.1, 0.15) is 32.1 Å². The van der Waals surface area contributed by atoms with Crippen molar-refractivity contribution < 1.29 is 23.5 Å². The minimum absolute atomic E-state index is 0.0206. The van der Waals surface area contributed by atoms with E-state index >= 15 is 0 Å². The largest absolute Gasteiger partial charge is 0.457 e. The van der Waals surface area contributed by atoms with Gasteiger partial charge < -0.3 is 14.0 Å². The lowest BCUT2D eigenvalue weighted by molar-refractivity contribution is -0.870. The van der Waals surface area contributed by atoms with Crippen molar-refractivity contribution in [2.45, 2.75) is 32.1 Å². The molecule has 1 rings (SSSR count). The summed E-state index contributed by atoms with van der Waals surface area (Å²) < 4.78 is 10.8. The van der Waals surface area contributed by atoms with Crippen LogP contribution in [0.3, 0.4) is 0 Å². The molecule has 0 radical (unpaired) electrons. The van der Waals surface area contributed by atoms with Gasteiger partial charge in [-0.05, 0) is 12.8 Å². The van der Waals surface area contributed by atoms with Crippen LogP contribution in [0.25, 0.3) is 0 Å². The first-order chi connectivity index (χ1) is 8.88. The van der Waals surface area contributed by atoms with Crippen LogP contribution in [0.4, 0.5) is 0 Å². The summed E-state index contributed by atoms with van der Waals surface area (Å²) in [7, 11) is 6.07. The normalized spacial score (nSPS) is 17.0. The lowest BCUT2D eigenvalue weighted by Gasteiger charge is -2.23. The number of rotatable bonds is 6. The lowest BCUT2D eigenvalue weighted by Crippen LogP contribution is -2.38. The SMILES string of the molecule is C[N+](C)(C)CCOC(=O)COC(=O)C1CCCCC1. The van der Waals surface area contributed by atoms with Crippen molar-refractivity contribution in [3.05, 3.63) is 0 Å². The van der Waals surface area contributed by atoms with Gasteiger partial charge in [-0.3, -0.25) is 4.79 Å². The zero-order chi connectivity index (χ0) is 14.3. The third kappa shape index (κ3) is 7.15. The van der Waals surface area contributed by atoms with Crippen LogP contribution in [0.5, 0.6) is 0 Å². The van der Waals surface area contributed by atoms with Gasteiger partial charge in [-0.15, -0.1) is 0 Å². The summed E-state index contributed by atoms with van der Waals surface area (Å²) in [5.74, 6) is -0.728. The molecule has 1 fully saturated rings. The molecule has 0 saturated heterocycles. The molecule has 0 bridgehead atoms. The van der Waals surface area contributed by atoms with E-state index in [-0.39, 0.29) is 18.5 Å². The van der Waals surface area contributed by atoms with Crippen molar-refractivity contribution in [3.8, 4) is 0 Å². The number of quaternary nitrogens is 1. The predicted molar refractivity (Wildman–Crippen MR) is 71.4 cm³/mol. The highest BCUT2D eigenvalue weighted by Crippen LogP contribution is 2.24. The van der Waals surface area contributed by atoms with Gasteiger partial charge in [0.2, 0.25) is 0 Å². The Hall–Kier alpha value is -1.10. The first-order valence-electron chi connectivity index (χ1n) is 7.01. The topological polar surface area (TPSA) is 52.6 Å². The van der Waals surface area contributed by atoms with Crippen LogP contribution >= 0.6 is 0 Å². The molecule has 19 heavy (non-hydrogen) atoms. The average molecular weight is 272 g/mol. The van der Waals surface area contributed by atoms with Crippen LogP contribution in [0.2, 0.25) is 0 Å². The predicted octanol–water partition coefficient (Wildman–Crippen LogP) is 1.36. The summed E-state index contributed by atoms with van der Waals surface area (Å²) in [5.41, 5.74) is 0. The fourth-order valence-electron chi connectivity index (χ4n) is 2.06. The fraction of sp³-hybridized carbons (Fsp3) is 0.857. The maximum atomic E-state index is 11.7. The van der Waals surface area contributed by atoms with Crippen molar-refractivity contribution in [2.75, 3.05) is 40.9 Å². The Morgan fingerprint density at radius 3 is 2.26 bits per heavy atom. The maximum Gasteiger partial charge on any atom is 0.344 e. The molecule has 0 amide bonds. The molecule has 0 aromatic rings. The molecule has 0 N–H and O–H groups in total. The van der Waals surface area contributed by atoms with Crippen LogP contribution in [-0.2, 0) is 19.1 Å². The summed E-state index contributed by atoms with van der Waals surface area (Å²) in [6.07, 6.45) is 5.11. The van der Waals surface area contributed by atoms with Crippen LogP contribution in [-0.4, -0.2) is 57.3 Å². The van der Waals surface area contributed by atoms with Crippen molar-refractivity contribution in [3.63, 3.8) is 0 Å². The molecular formula is C14H26NO4+. The average Bonchev–Trinajstić information content (AvgIpc) is 2.35. The van der Waals surface area contributed by atoms with Gasteiger partial charge in [0.05, 0.1) is 27.1 Å². The van der Waals surface area contributed by atoms with Crippen LogP contribution in [0.15, 0.2) is 0 Å². The summed E-state index contributed by atoms with van der Waals surface area (Å²) >= 11 is 0. The number of carbonyl (C=O) groups is 2. The monoisotopic (exact) mass is 272 g/mol. The fourth-order valence-corrected chi connectivity index (χ4v) is 2.06. The molecule has 1 aliphatic rings. The van der Waals surface area contributed by atoms with Gasteiger partial charge in [-0.1, -0.05) is 19.3 Å². The van der Waals surface area contributed by atoms with Crippen molar-refractivity contribution >= 4 is 11.9 Å². The minimum Gasteiger partial charge on any atom is -0.457 e. The quantitative estimate of drug-likeness (QED) is 0.541. The van der Waals surface area contributed by atoms with Crippen molar-refractivity contribution in [1.29, 1.82) is 0 Å². The Kier molecular flexibility index (Phi) is 6.28. The van der Waals surface area contributed by atoms with Crippen molar-refractivity contribution in [1.82, 2.24) is 0 Å². The number of esters is 2. The molecule has 0 aromatic heterocycles. The highest BCUT2D eigenvalue weighted by Gasteiger charge is 2.23. The van der Waals surface area contributed by atoms with Gasteiger partial charge in [0, 0.05) is 0 Å². The van der Waals surface area contributed by atoms with E-state index < -0.39 is 5.97 Å². The van der Waals surface area contributed by atoms with E-state index in [4.69, 9.17) is 9.47 Å². The van der Waals surface area contributed by atoms with E-state index in [0.717, 1.165) is 36.7 Å². The Bertz CT molecular complexity index is 303. The molecule has 0 aliphatic heterocycles. The summed E-state index contributed by atoms with van der Waals surface area (Å²) in [6, 6.07) is 0. The first kappa shape index (κ1) is 16.0. The standard InChI is InChI=1S/C14H26NO4/c1-15(2,3)9-10-18-13(16)11-19-14(17)12-7-5-4-6-8-12/h12H,4-11H2,1-3H3/q+1. The second-order valence-electron chi connectivity index (χ2n) is 6.18. The molecule has 0 aromatic carbocycles. The van der Waals surface area contributed by atoms with Gasteiger partial charge >= 0.3 is 11.9 Å². The van der Waals surface area contributed by atoms with Gasteiger partial charge in [0.15, 0.2) is 6.61 Å². The summed E-state index contributed by atoms with van der Waals surface area (Å²) in [4.78, 5) is 23.1. The highest BCUT2D eigenvalue weighted by atomic mass is 16.6. The van der Waals surface area contributed by atoms with Crippen LogP contribution in [0, 0.1) is 5.92 Å². The zero-order valence-electron chi connectivity index (χ0n) is 12.3. The lowest BCUT2D eigenvalue weighted by atomic mass is 9.89. The molecule has 0 atom stereocenters. The van der Waals surface area contributed by atoms with Gasteiger partial charge in [-0.2, -0.15) is 0 Å². The molecule has 1 saturated carbocycles. The van der Waals surface area contributed by atoms with Crippen molar-refractivity contribution in [2.24, 2.45) is 5.92 Å². The van der Waals surface area contributed by atoms with E-state index in [1.807, 2.05) is 21.1 Å². The summed E-state index contributed by atoms with van der Waals surface area (Å²) in [6.45, 7) is 0.831. The Labute approximate surface area is 115 Å². The molecular weight excluding hydrogens is 246 g/mol.